The van der Waals surface area contributed by atoms with Crippen molar-refractivity contribution in [2.24, 2.45) is 5.73 Å². The first kappa shape index (κ1) is 13.7. The summed E-state index contributed by atoms with van der Waals surface area (Å²) < 4.78 is 0. The maximum atomic E-state index is 12.1. The third kappa shape index (κ3) is 3.37. The molecule has 0 aromatic heterocycles. The molecule has 1 fully saturated rings. The summed E-state index contributed by atoms with van der Waals surface area (Å²) in [6.45, 7) is 1.45. The van der Waals surface area contributed by atoms with E-state index >= 15 is 0 Å². The average molecular weight is 287 g/mol. The Hall–Kier alpha value is -0.770. The van der Waals surface area contributed by atoms with Gasteiger partial charge in [0, 0.05) is 19.1 Å². The van der Waals surface area contributed by atoms with Gasteiger partial charge in [-0.05, 0) is 30.5 Å². The fourth-order valence-electron chi connectivity index (χ4n) is 2.17. The van der Waals surface area contributed by atoms with Crippen LogP contribution in [0.3, 0.4) is 0 Å². The van der Waals surface area contributed by atoms with Gasteiger partial charge in [-0.1, -0.05) is 29.3 Å². The second-order valence-corrected chi connectivity index (χ2v) is 5.48. The standard InChI is InChI=1S/C13H16Cl2N2O/c14-11-4-3-9(6-12(11)15)7-13(18)17-5-1-2-10(16)8-17/h3-4,6,10H,1-2,5,7-8,16H2. The Morgan fingerprint density at radius 3 is 2.83 bits per heavy atom. The van der Waals surface area contributed by atoms with E-state index in [1.807, 2.05) is 11.0 Å². The zero-order valence-corrected chi connectivity index (χ0v) is 11.5. The minimum absolute atomic E-state index is 0.100. The van der Waals surface area contributed by atoms with Crippen molar-refractivity contribution in [3.8, 4) is 0 Å². The fourth-order valence-corrected chi connectivity index (χ4v) is 2.49. The van der Waals surface area contributed by atoms with Gasteiger partial charge in [0.1, 0.15) is 0 Å². The van der Waals surface area contributed by atoms with E-state index in [9.17, 15) is 4.79 Å². The Morgan fingerprint density at radius 2 is 2.17 bits per heavy atom. The van der Waals surface area contributed by atoms with Gasteiger partial charge in [-0.2, -0.15) is 0 Å². The SMILES string of the molecule is NC1CCCN(C(=O)Cc2ccc(Cl)c(Cl)c2)C1. The first-order valence-corrected chi connectivity index (χ1v) is 6.79. The molecule has 3 nitrogen and oxygen atoms in total. The minimum Gasteiger partial charge on any atom is -0.341 e. The number of halogens is 2. The molecule has 0 spiro atoms. The molecule has 2 rings (SSSR count). The van der Waals surface area contributed by atoms with E-state index in [0.717, 1.165) is 24.9 Å². The third-order valence-electron chi connectivity index (χ3n) is 3.15. The first-order valence-electron chi connectivity index (χ1n) is 6.03. The molecule has 1 aliphatic heterocycles. The molecule has 1 aromatic rings. The summed E-state index contributed by atoms with van der Waals surface area (Å²) in [5.74, 6) is 0.100. The minimum atomic E-state index is 0.100. The number of rotatable bonds is 2. The van der Waals surface area contributed by atoms with E-state index in [-0.39, 0.29) is 11.9 Å². The highest BCUT2D eigenvalue weighted by Crippen LogP contribution is 2.23. The van der Waals surface area contributed by atoms with Crippen LogP contribution in [0.4, 0.5) is 0 Å². The molecule has 18 heavy (non-hydrogen) atoms. The van der Waals surface area contributed by atoms with Crippen LogP contribution in [0.5, 0.6) is 0 Å². The van der Waals surface area contributed by atoms with Gasteiger partial charge in [-0.3, -0.25) is 4.79 Å². The van der Waals surface area contributed by atoms with Crippen molar-refractivity contribution >= 4 is 29.1 Å². The van der Waals surface area contributed by atoms with Crippen LogP contribution >= 0.6 is 23.2 Å². The molecule has 5 heteroatoms. The van der Waals surface area contributed by atoms with Gasteiger partial charge in [0.25, 0.3) is 0 Å². The Kier molecular flexibility index (Phi) is 4.49. The van der Waals surface area contributed by atoms with Crippen molar-refractivity contribution in [3.63, 3.8) is 0 Å². The molecule has 0 radical (unpaired) electrons. The average Bonchev–Trinajstić information content (AvgIpc) is 2.34. The highest BCUT2D eigenvalue weighted by atomic mass is 35.5. The monoisotopic (exact) mass is 286 g/mol. The van der Waals surface area contributed by atoms with Crippen LogP contribution in [0.1, 0.15) is 18.4 Å². The number of carbonyl (C=O) groups is 1. The van der Waals surface area contributed by atoms with Gasteiger partial charge in [-0.25, -0.2) is 0 Å². The largest absolute Gasteiger partial charge is 0.341 e. The zero-order chi connectivity index (χ0) is 13.1. The van der Waals surface area contributed by atoms with Crippen LogP contribution < -0.4 is 5.73 Å². The molecule has 0 saturated carbocycles. The van der Waals surface area contributed by atoms with Gasteiger partial charge in [-0.15, -0.1) is 0 Å². The molecule has 1 aromatic carbocycles. The van der Waals surface area contributed by atoms with Crippen molar-refractivity contribution in [3.05, 3.63) is 33.8 Å². The highest BCUT2D eigenvalue weighted by molar-refractivity contribution is 6.42. The lowest BCUT2D eigenvalue weighted by atomic mass is 10.1. The van der Waals surface area contributed by atoms with Crippen LogP contribution in [0.25, 0.3) is 0 Å². The molecular weight excluding hydrogens is 271 g/mol. The van der Waals surface area contributed by atoms with Crippen molar-refractivity contribution in [2.75, 3.05) is 13.1 Å². The van der Waals surface area contributed by atoms with Gasteiger partial charge in [0.15, 0.2) is 0 Å². The maximum Gasteiger partial charge on any atom is 0.227 e. The van der Waals surface area contributed by atoms with Gasteiger partial charge >= 0.3 is 0 Å². The lowest BCUT2D eigenvalue weighted by Gasteiger charge is -2.30. The molecule has 2 N–H and O–H groups in total. The normalized spacial score (nSPS) is 19.9. The molecule has 1 saturated heterocycles. The smallest absolute Gasteiger partial charge is 0.227 e. The number of piperidine rings is 1. The number of nitrogens with two attached hydrogens (primary N) is 1. The quantitative estimate of drug-likeness (QED) is 0.908. The van der Waals surface area contributed by atoms with Gasteiger partial charge in [0.05, 0.1) is 16.5 Å². The van der Waals surface area contributed by atoms with E-state index in [2.05, 4.69) is 0 Å². The topological polar surface area (TPSA) is 46.3 Å². The Labute approximate surface area is 117 Å². The number of likely N-dealkylation sites (tertiary alicyclic amines) is 1. The highest BCUT2D eigenvalue weighted by Gasteiger charge is 2.21. The molecule has 1 amide bonds. The molecule has 1 unspecified atom stereocenters. The van der Waals surface area contributed by atoms with Gasteiger partial charge in [0.2, 0.25) is 5.91 Å². The summed E-state index contributed by atoms with van der Waals surface area (Å²) in [4.78, 5) is 13.9. The summed E-state index contributed by atoms with van der Waals surface area (Å²) in [7, 11) is 0. The van der Waals surface area contributed by atoms with Crippen molar-refractivity contribution in [1.29, 1.82) is 0 Å². The van der Waals surface area contributed by atoms with E-state index in [4.69, 9.17) is 28.9 Å². The maximum absolute atomic E-state index is 12.1. The lowest BCUT2D eigenvalue weighted by molar-refractivity contribution is -0.131. The van der Waals surface area contributed by atoms with Gasteiger partial charge < -0.3 is 10.6 Å². The predicted molar refractivity (Wildman–Crippen MR) is 74.0 cm³/mol. The van der Waals surface area contributed by atoms with Crippen LogP contribution in [0.2, 0.25) is 10.0 Å². The molecular formula is C13H16Cl2N2O. The van der Waals surface area contributed by atoms with E-state index < -0.39 is 0 Å². The van der Waals surface area contributed by atoms with E-state index in [0.29, 0.717) is 23.0 Å². The Bertz CT molecular complexity index is 451. The van der Waals surface area contributed by atoms with Crippen molar-refractivity contribution in [2.45, 2.75) is 25.3 Å². The van der Waals surface area contributed by atoms with Crippen molar-refractivity contribution < 1.29 is 4.79 Å². The van der Waals surface area contributed by atoms with E-state index in [1.54, 1.807) is 12.1 Å². The second-order valence-electron chi connectivity index (χ2n) is 4.67. The number of amides is 1. The number of hydrogen-bond acceptors (Lipinski definition) is 2. The number of hydrogen-bond donors (Lipinski definition) is 1. The van der Waals surface area contributed by atoms with Crippen LogP contribution in [0, 0.1) is 0 Å². The summed E-state index contributed by atoms with van der Waals surface area (Å²) in [6.07, 6.45) is 2.33. The molecule has 1 aliphatic rings. The van der Waals surface area contributed by atoms with Crippen LogP contribution in [-0.4, -0.2) is 29.9 Å². The zero-order valence-electron chi connectivity index (χ0n) is 10.0. The summed E-state index contributed by atoms with van der Waals surface area (Å²) in [5, 5.41) is 0.991. The number of carbonyl (C=O) groups excluding carboxylic acids is 1. The summed E-state index contributed by atoms with van der Waals surface area (Å²) >= 11 is 11.8. The fraction of sp³-hybridized carbons (Fsp3) is 0.462. The molecule has 1 atom stereocenters. The second kappa shape index (κ2) is 5.91. The first-order chi connectivity index (χ1) is 8.56. The van der Waals surface area contributed by atoms with Crippen molar-refractivity contribution in [1.82, 2.24) is 4.90 Å². The molecule has 0 bridgehead atoms. The van der Waals surface area contributed by atoms with E-state index in [1.165, 1.54) is 0 Å². The molecule has 0 aliphatic carbocycles. The Balaban J connectivity index is 2.00. The number of nitrogens with zero attached hydrogens (tertiary/aromatic N) is 1. The lowest BCUT2D eigenvalue weighted by Crippen LogP contribution is -2.46. The van der Waals surface area contributed by atoms with Crippen LogP contribution in [-0.2, 0) is 11.2 Å². The summed E-state index contributed by atoms with van der Waals surface area (Å²) in [6, 6.07) is 5.40. The summed E-state index contributed by atoms with van der Waals surface area (Å²) in [5.41, 5.74) is 6.75. The Morgan fingerprint density at radius 1 is 1.39 bits per heavy atom. The molecule has 98 valence electrons. The van der Waals surface area contributed by atoms with Crippen LogP contribution in [0.15, 0.2) is 18.2 Å². The molecule has 1 heterocycles. The third-order valence-corrected chi connectivity index (χ3v) is 3.89. The number of benzene rings is 1. The predicted octanol–water partition coefficient (Wildman–Crippen LogP) is 2.49.